The van der Waals surface area contributed by atoms with E-state index in [1.165, 1.54) is 0 Å². The monoisotopic (exact) mass is 408 g/mol. The van der Waals surface area contributed by atoms with Gasteiger partial charge in [-0.3, -0.25) is 9.36 Å². The van der Waals surface area contributed by atoms with E-state index in [1.54, 1.807) is 25.7 Å². The van der Waals surface area contributed by atoms with Gasteiger partial charge in [-0.2, -0.15) is 0 Å². The van der Waals surface area contributed by atoms with E-state index in [0.29, 0.717) is 43.5 Å². The molecule has 1 amide bonds. The number of imidazole rings is 1. The zero-order chi connectivity index (χ0) is 20.9. The number of carbonyl (C=O) groups is 1. The smallest absolute Gasteiger partial charge is 0.260 e. The average Bonchev–Trinajstić information content (AvgIpc) is 3.32. The van der Waals surface area contributed by atoms with Gasteiger partial charge in [-0.25, -0.2) is 15.0 Å². The van der Waals surface area contributed by atoms with Crippen LogP contribution in [-0.4, -0.2) is 70.2 Å². The van der Waals surface area contributed by atoms with E-state index in [9.17, 15) is 4.79 Å². The third kappa shape index (κ3) is 4.51. The number of ether oxygens (including phenoxy) is 2. The first kappa shape index (κ1) is 19.7. The van der Waals surface area contributed by atoms with Crippen LogP contribution in [0, 0.1) is 6.92 Å². The third-order valence-corrected chi connectivity index (χ3v) is 4.94. The molecule has 3 aromatic rings. The Morgan fingerprint density at radius 2 is 1.83 bits per heavy atom. The summed E-state index contributed by atoms with van der Waals surface area (Å²) in [6.07, 6.45) is 5.28. The highest BCUT2D eigenvalue weighted by Crippen LogP contribution is 2.20. The summed E-state index contributed by atoms with van der Waals surface area (Å²) in [6.45, 7) is 4.51. The van der Waals surface area contributed by atoms with Crippen molar-refractivity contribution in [1.82, 2.24) is 24.4 Å². The number of methoxy groups -OCH3 is 1. The standard InChI is InChI=1S/C21H24N6O3/c1-16-23-19(13-20(24-16)27-7-6-22-15-27)25-8-10-26(11-9-25)21(28)14-30-18-5-3-4-17(12-18)29-2/h3-7,12-13,15H,8-11,14H2,1-2H3. The fourth-order valence-corrected chi connectivity index (χ4v) is 3.34. The van der Waals surface area contributed by atoms with Crippen LogP contribution in [0.5, 0.6) is 11.5 Å². The number of rotatable bonds is 6. The first-order chi connectivity index (χ1) is 14.6. The molecule has 156 valence electrons. The molecule has 9 heteroatoms. The zero-order valence-electron chi connectivity index (χ0n) is 17.1. The molecule has 0 aliphatic carbocycles. The van der Waals surface area contributed by atoms with Crippen molar-refractivity contribution < 1.29 is 14.3 Å². The van der Waals surface area contributed by atoms with Gasteiger partial charge in [0.1, 0.15) is 35.3 Å². The Morgan fingerprint density at radius 3 is 2.57 bits per heavy atom. The van der Waals surface area contributed by atoms with Crippen LogP contribution in [0.4, 0.5) is 5.82 Å². The van der Waals surface area contributed by atoms with Crippen molar-refractivity contribution in [3.63, 3.8) is 0 Å². The normalized spacial score (nSPS) is 13.9. The van der Waals surface area contributed by atoms with Gasteiger partial charge >= 0.3 is 0 Å². The molecule has 0 atom stereocenters. The second-order valence-corrected chi connectivity index (χ2v) is 6.94. The van der Waals surface area contributed by atoms with E-state index in [4.69, 9.17) is 9.47 Å². The Kier molecular flexibility index (Phi) is 5.78. The lowest BCUT2D eigenvalue weighted by atomic mass is 10.3. The van der Waals surface area contributed by atoms with Crippen LogP contribution >= 0.6 is 0 Å². The number of carbonyl (C=O) groups excluding carboxylic acids is 1. The zero-order valence-corrected chi connectivity index (χ0v) is 17.1. The van der Waals surface area contributed by atoms with Crippen molar-refractivity contribution in [3.05, 3.63) is 54.9 Å². The predicted molar refractivity (Wildman–Crippen MR) is 111 cm³/mol. The second kappa shape index (κ2) is 8.81. The third-order valence-electron chi connectivity index (χ3n) is 4.94. The summed E-state index contributed by atoms with van der Waals surface area (Å²) in [5.74, 6) is 3.61. The van der Waals surface area contributed by atoms with Crippen molar-refractivity contribution in [3.8, 4) is 17.3 Å². The van der Waals surface area contributed by atoms with Gasteiger partial charge in [0, 0.05) is 50.7 Å². The van der Waals surface area contributed by atoms with Gasteiger partial charge in [0.05, 0.1) is 7.11 Å². The van der Waals surface area contributed by atoms with E-state index in [-0.39, 0.29) is 12.5 Å². The van der Waals surface area contributed by atoms with Crippen molar-refractivity contribution >= 4 is 11.7 Å². The average molecular weight is 408 g/mol. The lowest BCUT2D eigenvalue weighted by Crippen LogP contribution is -2.50. The lowest BCUT2D eigenvalue weighted by molar-refractivity contribution is -0.133. The quantitative estimate of drug-likeness (QED) is 0.614. The summed E-state index contributed by atoms with van der Waals surface area (Å²) >= 11 is 0. The van der Waals surface area contributed by atoms with Gasteiger partial charge in [-0.15, -0.1) is 0 Å². The summed E-state index contributed by atoms with van der Waals surface area (Å²) in [7, 11) is 1.60. The molecule has 1 fully saturated rings. The molecule has 2 aromatic heterocycles. The molecule has 4 rings (SSSR count). The van der Waals surface area contributed by atoms with Crippen LogP contribution in [0.1, 0.15) is 5.82 Å². The van der Waals surface area contributed by atoms with Gasteiger partial charge in [0.2, 0.25) is 0 Å². The number of aromatic nitrogens is 4. The van der Waals surface area contributed by atoms with Crippen molar-refractivity contribution in [1.29, 1.82) is 0 Å². The maximum Gasteiger partial charge on any atom is 0.260 e. The van der Waals surface area contributed by atoms with Crippen LogP contribution in [0.15, 0.2) is 49.1 Å². The lowest BCUT2D eigenvalue weighted by Gasteiger charge is -2.35. The van der Waals surface area contributed by atoms with Gasteiger partial charge in [0.25, 0.3) is 5.91 Å². The Labute approximate surface area is 174 Å². The molecular formula is C21H24N6O3. The largest absolute Gasteiger partial charge is 0.497 e. The van der Waals surface area contributed by atoms with E-state index in [2.05, 4.69) is 19.9 Å². The first-order valence-corrected chi connectivity index (χ1v) is 9.76. The molecule has 0 N–H and O–H groups in total. The maximum atomic E-state index is 12.5. The highest BCUT2D eigenvalue weighted by Gasteiger charge is 2.23. The van der Waals surface area contributed by atoms with E-state index in [0.717, 1.165) is 11.6 Å². The first-order valence-electron chi connectivity index (χ1n) is 9.76. The van der Waals surface area contributed by atoms with Gasteiger partial charge in [-0.1, -0.05) is 6.07 Å². The molecule has 1 aliphatic rings. The molecule has 0 spiro atoms. The number of aryl methyl sites for hydroxylation is 1. The van der Waals surface area contributed by atoms with Crippen LogP contribution in [0.2, 0.25) is 0 Å². The molecule has 0 saturated carbocycles. The molecule has 30 heavy (non-hydrogen) atoms. The summed E-state index contributed by atoms with van der Waals surface area (Å²) < 4.78 is 12.7. The summed E-state index contributed by atoms with van der Waals surface area (Å²) in [5, 5.41) is 0. The van der Waals surface area contributed by atoms with Crippen molar-refractivity contribution in [2.45, 2.75) is 6.92 Å². The molecule has 9 nitrogen and oxygen atoms in total. The molecular weight excluding hydrogens is 384 g/mol. The number of piperazine rings is 1. The van der Waals surface area contributed by atoms with Gasteiger partial charge < -0.3 is 19.3 Å². The topological polar surface area (TPSA) is 85.6 Å². The van der Waals surface area contributed by atoms with Crippen molar-refractivity contribution in [2.24, 2.45) is 0 Å². The Morgan fingerprint density at radius 1 is 1.07 bits per heavy atom. The molecule has 1 aliphatic heterocycles. The number of amides is 1. The maximum absolute atomic E-state index is 12.5. The SMILES string of the molecule is COc1cccc(OCC(=O)N2CCN(c3cc(-n4ccnc4)nc(C)n3)CC2)c1. The van der Waals surface area contributed by atoms with E-state index in [1.807, 2.05) is 46.9 Å². The fraction of sp³-hybridized carbons (Fsp3) is 0.333. The molecule has 0 bridgehead atoms. The number of hydrogen-bond donors (Lipinski definition) is 0. The highest BCUT2D eigenvalue weighted by molar-refractivity contribution is 5.78. The molecule has 0 unspecified atom stereocenters. The number of nitrogens with zero attached hydrogens (tertiary/aromatic N) is 6. The van der Waals surface area contributed by atoms with Gasteiger partial charge in [0.15, 0.2) is 6.61 Å². The van der Waals surface area contributed by atoms with Crippen LogP contribution in [-0.2, 0) is 4.79 Å². The highest BCUT2D eigenvalue weighted by atomic mass is 16.5. The molecule has 1 saturated heterocycles. The van der Waals surface area contributed by atoms with Crippen LogP contribution in [0.3, 0.4) is 0 Å². The molecule has 1 aromatic carbocycles. The number of benzene rings is 1. The minimum Gasteiger partial charge on any atom is -0.497 e. The summed E-state index contributed by atoms with van der Waals surface area (Å²) in [5.41, 5.74) is 0. The summed E-state index contributed by atoms with van der Waals surface area (Å²) in [4.78, 5) is 29.7. The van der Waals surface area contributed by atoms with Crippen LogP contribution in [0.25, 0.3) is 5.82 Å². The Bertz CT molecular complexity index is 1000. The van der Waals surface area contributed by atoms with E-state index < -0.39 is 0 Å². The molecule has 0 radical (unpaired) electrons. The second-order valence-electron chi connectivity index (χ2n) is 6.94. The van der Waals surface area contributed by atoms with Gasteiger partial charge in [-0.05, 0) is 19.1 Å². The minimum atomic E-state index is -0.0320. The molecule has 3 heterocycles. The Hall–Kier alpha value is -3.62. The Balaban J connectivity index is 1.34. The van der Waals surface area contributed by atoms with Crippen LogP contribution < -0.4 is 14.4 Å². The number of hydrogen-bond acceptors (Lipinski definition) is 7. The van der Waals surface area contributed by atoms with E-state index >= 15 is 0 Å². The van der Waals surface area contributed by atoms with Crippen molar-refractivity contribution in [2.75, 3.05) is 44.8 Å². The summed E-state index contributed by atoms with van der Waals surface area (Å²) in [6, 6.07) is 9.18. The minimum absolute atomic E-state index is 0.00452. The number of anilines is 1. The fourth-order valence-electron chi connectivity index (χ4n) is 3.34. The predicted octanol–water partition coefficient (Wildman–Crippen LogP) is 1.71.